The maximum atomic E-state index is 12.5. The van der Waals surface area contributed by atoms with Crippen LogP contribution in [0.1, 0.15) is 6.42 Å². The number of amides is 1. The van der Waals surface area contributed by atoms with Crippen molar-refractivity contribution in [2.24, 2.45) is 5.92 Å². The number of nitrogens with zero attached hydrogens (tertiary/aromatic N) is 3. The molecule has 0 bridgehead atoms. The average molecular weight is 342 g/mol. The van der Waals surface area contributed by atoms with Gasteiger partial charge in [-0.25, -0.2) is 0 Å². The van der Waals surface area contributed by atoms with E-state index in [9.17, 15) is 14.4 Å². The minimum Gasteiger partial charge on any atom is -0.480 e. The lowest BCUT2D eigenvalue weighted by atomic mass is 10.1. The largest absolute Gasteiger partial charge is 0.480 e. The number of aliphatic carboxylic acids is 1. The summed E-state index contributed by atoms with van der Waals surface area (Å²) >= 11 is 0. The molecule has 2 N–H and O–H groups in total. The van der Waals surface area contributed by atoms with Gasteiger partial charge in [-0.15, -0.1) is 0 Å². The van der Waals surface area contributed by atoms with Crippen LogP contribution in [0.5, 0.6) is 0 Å². The number of carbonyl (C=O) groups excluding carboxylic acids is 1. The number of carbonyl (C=O) groups is 2. The SMILES string of the molecule is O=C(O)Cn1cc(NC(=O)[C@@H]2CCN(c3cccnc3)C2)ccc1=O. The van der Waals surface area contributed by atoms with Crippen LogP contribution in [0.25, 0.3) is 0 Å². The van der Waals surface area contributed by atoms with Gasteiger partial charge < -0.3 is 19.9 Å². The molecule has 2 aromatic heterocycles. The number of hydrogen-bond donors (Lipinski definition) is 2. The monoisotopic (exact) mass is 342 g/mol. The van der Waals surface area contributed by atoms with Gasteiger partial charge in [0.25, 0.3) is 5.56 Å². The molecule has 0 saturated carbocycles. The van der Waals surface area contributed by atoms with Crippen LogP contribution in [0.2, 0.25) is 0 Å². The maximum absolute atomic E-state index is 12.5. The minimum absolute atomic E-state index is 0.146. The van der Waals surface area contributed by atoms with E-state index in [-0.39, 0.29) is 11.8 Å². The molecule has 0 radical (unpaired) electrons. The third-order valence-corrected chi connectivity index (χ3v) is 4.13. The summed E-state index contributed by atoms with van der Waals surface area (Å²) in [6, 6.07) is 6.53. The van der Waals surface area contributed by atoms with Crippen LogP contribution in [-0.2, 0) is 16.1 Å². The molecule has 130 valence electrons. The molecule has 3 heterocycles. The molecular weight excluding hydrogens is 324 g/mol. The highest BCUT2D eigenvalue weighted by Crippen LogP contribution is 2.23. The molecule has 1 saturated heterocycles. The molecule has 0 aromatic carbocycles. The molecule has 1 aliphatic heterocycles. The predicted molar refractivity (Wildman–Crippen MR) is 91.5 cm³/mol. The van der Waals surface area contributed by atoms with Gasteiger partial charge in [-0.1, -0.05) is 0 Å². The Kier molecular flexibility index (Phi) is 4.78. The highest BCUT2D eigenvalue weighted by molar-refractivity contribution is 5.93. The van der Waals surface area contributed by atoms with Gasteiger partial charge in [0.15, 0.2) is 0 Å². The van der Waals surface area contributed by atoms with Gasteiger partial charge in [0.1, 0.15) is 6.54 Å². The highest BCUT2D eigenvalue weighted by atomic mass is 16.4. The van der Waals surface area contributed by atoms with Crippen molar-refractivity contribution in [1.82, 2.24) is 9.55 Å². The van der Waals surface area contributed by atoms with Gasteiger partial charge in [0.05, 0.1) is 23.5 Å². The second-order valence-corrected chi connectivity index (χ2v) is 5.91. The summed E-state index contributed by atoms with van der Waals surface area (Å²) < 4.78 is 1.05. The fourth-order valence-corrected chi connectivity index (χ4v) is 2.87. The summed E-state index contributed by atoms with van der Waals surface area (Å²) in [5.41, 5.74) is 0.961. The van der Waals surface area contributed by atoms with Crippen LogP contribution in [0.4, 0.5) is 11.4 Å². The number of rotatable bonds is 5. The maximum Gasteiger partial charge on any atom is 0.323 e. The molecule has 8 nitrogen and oxygen atoms in total. The standard InChI is InChI=1S/C17H18N4O4/c22-15-4-3-13(10-21(15)11-16(23)24)19-17(25)12-5-7-20(9-12)14-2-1-6-18-8-14/h1-4,6,8,10,12H,5,7,9,11H2,(H,19,25)(H,23,24)/t12-/m1/s1. The summed E-state index contributed by atoms with van der Waals surface area (Å²) in [4.78, 5) is 41.0. The Labute approximate surface area is 143 Å². The van der Waals surface area contributed by atoms with E-state index in [0.717, 1.165) is 23.2 Å². The summed E-state index contributed by atoms with van der Waals surface area (Å²) in [6.45, 7) is 0.912. The first-order valence-corrected chi connectivity index (χ1v) is 7.91. The minimum atomic E-state index is -1.12. The Hall–Kier alpha value is -3.16. The number of nitrogens with one attached hydrogen (secondary N) is 1. The molecule has 1 atom stereocenters. The van der Waals surface area contributed by atoms with Gasteiger partial charge in [-0.2, -0.15) is 0 Å². The molecule has 2 aromatic rings. The van der Waals surface area contributed by atoms with Crippen molar-refractivity contribution >= 4 is 23.3 Å². The lowest BCUT2D eigenvalue weighted by molar-refractivity contribution is -0.137. The lowest BCUT2D eigenvalue weighted by Gasteiger charge is -2.18. The van der Waals surface area contributed by atoms with E-state index in [1.54, 1.807) is 12.4 Å². The summed E-state index contributed by atoms with van der Waals surface area (Å²) in [6.07, 6.45) is 5.54. The predicted octanol–water partition coefficient (Wildman–Crippen LogP) is 0.793. The summed E-state index contributed by atoms with van der Waals surface area (Å²) in [5, 5.41) is 11.6. The van der Waals surface area contributed by atoms with Crippen molar-refractivity contribution in [2.45, 2.75) is 13.0 Å². The van der Waals surface area contributed by atoms with Gasteiger partial charge in [0.2, 0.25) is 5.91 Å². The second-order valence-electron chi connectivity index (χ2n) is 5.91. The summed E-state index contributed by atoms with van der Waals surface area (Å²) in [7, 11) is 0. The number of hydrogen-bond acceptors (Lipinski definition) is 5. The van der Waals surface area contributed by atoms with E-state index < -0.39 is 18.1 Å². The van der Waals surface area contributed by atoms with E-state index in [1.165, 1.54) is 18.3 Å². The Morgan fingerprint density at radius 2 is 2.16 bits per heavy atom. The van der Waals surface area contributed by atoms with Crippen molar-refractivity contribution in [3.05, 3.63) is 53.2 Å². The first kappa shape index (κ1) is 16.7. The molecule has 3 rings (SSSR count). The van der Waals surface area contributed by atoms with Gasteiger partial charge in [-0.05, 0) is 24.6 Å². The third kappa shape index (κ3) is 4.03. The number of anilines is 2. The molecular formula is C17H18N4O4. The fourth-order valence-electron chi connectivity index (χ4n) is 2.87. The zero-order valence-corrected chi connectivity index (χ0v) is 13.5. The molecule has 1 aliphatic rings. The van der Waals surface area contributed by atoms with E-state index in [0.29, 0.717) is 12.2 Å². The van der Waals surface area contributed by atoms with Crippen LogP contribution < -0.4 is 15.8 Å². The zero-order valence-electron chi connectivity index (χ0n) is 13.5. The highest BCUT2D eigenvalue weighted by Gasteiger charge is 2.28. The quantitative estimate of drug-likeness (QED) is 0.832. The van der Waals surface area contributed by atoms with Crippen LogP contribution in [0, 0.1) is 5.92 Å². The number of pyridine rings is 2. The molecule has 0 aliphatic carbocycles. The molecule has 1 amide bonds. The van der Waals surface area contributed by atoms with Crippen molar-refractivity contribution in [2.75, 3.05) is 23.3 Å². The van der Waals surface area contributed by atoms with Gasteiger partial charge in [-0.3, -0.25) is 19.4 Å². The number of carboxylic acids is 1. The van der Waals surface area contributed by atoms with E-state index in [4.69, 9.17) is 5.11 Å². The van der Waals surface area contributed by atoms with Crippen molar-refractivity contribution in [3.8, 4) is 0 Å². The third-order valence-electron chi connectivity index (χ3n) is 4.13. The molecule has 8 heteroatoms. The van der Waals surface area contributed by atoms with Gasteiger partial charge >= 0.3 is 5.97 Å². The zero-order chi connectivity index (χ0) is 17.8. The van der Waals surface area contributed by atoms with Crippen molar-refractivity contribution in [1.29, 1.82) is 0 Å². The normalized spacial score (nSPS) is 16.6. The van der Waals surface area contributed by atoms with Crippen LogP contribution in [-0.4, -0.2) is 39.6 Å². The Morgan fingerprint density at radius 1 is 1.32 bits per heavy atom. The smallest absolute Gasteiger partial charge is 0.323 e. The molecule has 1 fully saturated rings. The topological polar surface area (TPSA) is 105 Å². The number of carboxylic acid groups (broad SMARTS) is 1. The van der Waals surface area contributed by atoms with E-state index in [1.807, 2.05) is 12.1 Å². The summed E-state index contributed by atoms with van der Waals surface area (Å²) in [5.74, 6) is -1.44. The van der Waals surface area contributed by atoms with Gasteiger partial charge in [0, 0.05) is 31.5 Å². The molecule has 0 unspecified atom stereocenters. The fraction of sp³-hybridized carbons (Fsp3) is 0.294. The molecule has 0 spiro atoms. The average Bonchev–Trinajstić information content (AvgIpc) is 3.08. The Balaban J connectivity index is 1.65. The lowest BCUT2D eigenvalue weighted by Crippen LogP contribution is -2.28. The van der Waals surface area contributed by atoms with Crippen LogP contribution in [0.3, 0.4) is 0 Å². The van der Waals surface area contributed by atoms with E-state index in [2.05, 4.69) is 15.2 Å². The van der Waals surface area contributed by atoms with Crippen molar-refractivity contribution < 1.29 is 14.7 Å². The van der Waals surface area contributed by atoms with E-state index >= 15 is 0 Å². The Morgan fingerprint density at radius 3 is 2.88 bits per heavy atom. The van der Waals surface area contributed by atoms with Crippen LogP contribution >= 0.6 is 0 Å². The Bertz CT molecular complexity index is 834. The second kappa shape index (κ2) is 7.16. The first-order valence-electron chi connectivity index (χ1n) is 7.91. The number of aromatic nitrogens is 2. The van der Waals surface area contributed by atoms with Crippen LogP contribution in [0.15, 0.2) is 47.7 Å². The van der Waals surface area contributed by atoms with Crippen molar-refractivity contribution in [3.63, 3.8) is 0 Å². The first-order chi connectivity index (χ1) is 12.0. The molecule has 25 heavy (non-hydrogen) atoms.